The third kappa shape index (κ3) is 4.25. The van der Waals surface area contributed by atoms with Gasteiger partial charge in [0.15, 0.2) is 5.78 Å². The fourth-order valence-corrected chi connectivity index (χ4v) is 5.90. The van der Waals surface area contributed by atoms with E-state index in [1.54, 1.807) is 12.4 Å². The normalized spacial score (nSPS) is 19.2. The van der Waals surface area contributed by atoms with Gasteiger partial charge in [0.25, 0.3) is 5.56 Å². The zero-order valence-electron chi connectivity index (χ0n) is 21.0. The molecule has 0 atom stereocenters. The van der Waals surface area contributed by atoms with Crippen molar-refractivity contribution in [1.82, 2.24) is 24.4 Å². The molecule has 3 fully saturated rings. The molecule has 9 heteroatoms. The summed E-state index contributed by atoms with van der Waals surface area (Å²) in [5, 5.41) is 4.09. The van der Waals surface area contributed by atoms with Crippen molar-refractivity contribution in [3.8, 4) is 0 Å². The number of hydrogen-bond donors (Lipinski definition) is 1. The Labute approximate surface area is 210 Å². The number of hydrogen-bond acceptors (Lipinski definition) is 8. The lowest BCUT2D eigenvalue weighted by atomic mass is 10.0. The van der Waals surface area contributed by atoms with Gasteiger partial charge in [-0.25, -0.2) is 15.0 Å². The van der Waals surface area contributed by atoms with Crippen LogP contribution in [0.4, 0.5) is 17.5 Å². The molecule has 2 saturated carbocycles. The van der Waals surface area contributed by atoms with Gasteiger partial charge in [0, 0.05) is 55.9 Å². The van der Waals surface area contributed by atoms with E-state index in [1.165, 1.54) is 19.8 Å². The van der Waals surface area contributed by atoms with Gasteiger partial charge in [-0.3, -0.25) is 14.5 Å². The first-order valence-electron chi connectivity index (χ1n) is 13.1. The molecule has 4 heterocycles. The molecule has 6 rings (SSSR count). The van der Waals surface area contributed by atoms with Crippen molar-refractivity contribution < 1.29 is 4.79 Å². The number of Topliss-reactive ketones (excluding diaryl/α,β-unsaturated/α-hetero) is 1. The number of rotatable bonds is 6. The topological polar surface area (TPSA) is 96.2 Å². The first-order valence-corrected chi connectivity index (χ1v) is 13.1. The van der Waals surface area contributed by atoms with Gasteiger partial charge in [0.2, 0.25) is 0 Å². The molecular formula is C27H33N7O2. The quantitative estimate of drug-likeness (QED) is 0.524. The molecule has 36 heavy (non-hydrogen) atoms. The molecule has 188 valence electrons. The summed E-state index contributed by atoms with van der Waals surface area (Å²) in [4.78, 5) is 44.4. The molecule has 0 unspecified atom stereocenters. The Morgan fingerprint density at radius 2 is 1.64 bits per heavy atom. The summed E-state index contributed by atoms with van der Waals surface area (Å²) >= 11 is 0. The number of nitrogens with one attached hydrogen (secondary N) is 1. The Balaban J connectivity index is 1.26. The minimum absolute atomic E-state index is 0.105. The second-order valence-electron chi connectivity index (χ2n) is 10.4. The largest absolute Gasteiger partial charge is 0.353 e. The van der Waals surface area contributed by atoms with Gasteiger partial charge in [-0.15, -0.1) is 0 Å². The number of carbonyl (C=O) groups is 1. The summed E-state index contributed by atoms with van der Waals surface area (Å²) < 4.78 is 1.83. The number of aryl methyl sites for hydroxylation is 1. The van der Waals surface area contributed by atoms with Crippen molar-refractivity contribution in [3.05, 3.63) is 46.1 Å². The van der Waals surface area contributed by atoms with Crippen LogP contribution in [-0.2, 0) is 0 Å². The number of carbonyl (C=O) groups excluding carboxylic acids is 1. The van der Waals surface area contributed by atoms with E-state index in [9.17, 15) is 9.59 Å². The van der Waals surface area contributed by atoms with E-state index >= 15 is 0 Å². The maximum Gasteiger partial charge on any atom is 0.262 e. The second-order valence-corrected chi connectivity index (χ2v) is 10.4. The van der Waals surface area contributed by atoms with Crippen LogP contribution >= 0.6 is 0 Å². The monoisotopic (exact) mass is 487 g/mol. The maximum absolute atomic E-state index is 13.4. The van der Waals surface area contributed by atoms with Crippen LogP contribution in [0, 0.1) is 6.92 Å². The second kappa shape index (κ2) is 9.28. The number of fused-ring (bicyclic) bond motifs is 1. The predicted octanol–water partition coefficient (Wildman–Crippen LogP) is 3.84. The molecule has 0 spiro atoms. The van der Waals surface area contributed by atoms with Crippen molar-refractivity contribution in [2.45, 2.75) is 64.5 Å². The smallest absolute Gasteiger partial charge is 0.262 e. The van der Waals surface area contributed by atoms with Crippen LogP contribution in [0.1, 0.15) is 67.4 Å². The summed E-state index contributed by atoms with van der Waals surface area (Å²) in [6.45, 7) is 7.42. The Morgan fingerprint density at radius 1 is 0.917 bits per heavy atom. The number of pyridine rings is 2. The number of piperazine rings is 1. The van der Waals surface area contributed by atoms with Gasteiger partial charge < -0.3 is 14.8 Å². The van der Waals surface area contributed by atoms with E-state index in [1.807, 2.05) is 23.8 Å². The van der Waals surface area contributed by atoms with Crippen LogP contribution in [0.15, 0.2) is 29.5 Å². The van der Waals surface area contributed by atoms with E-state index in [-0.39, 0.29) is 22.9 Å². The summed E-state index contributed by atoms with van der Waals surface area (Å²) in [6, 6.07) is 2.81. The van der Waals surface area contributed by atoms with E-state index in [0.29, 0.717) is 17.2 Å². The summed E-state index contributed by atoms with van der Waals surface area (Å²) in [6.07, 6.45) is 12.1. The molecule has 9 nitrogen and oxygen atoms in total. The van der Waals surface area contributed by atoms with Crippen LogP contribution in [0.3, 0.4) is 0 Å². The van der Waals surface area contributed by atoms with Crippen LogP contribution in [0.2, 0.25) is 0 Å². The number of anilines is 3. The Kier molecular flexibility index (Phi) is 5.95. The van der Waals surface area contributed by atoms with Gasteiger partial charge >= 0.3 is 0 Å². The Bertz CT molecular complexity index is 1350. The SMILES string of the molecule is CC(=O)c1c(C)c2cnc(Nc3cnc(N4CCN(C5CC5)CC4)cn3)cc2n(C2CCCC2)c1=O. The van der Waals surface area contributed by atoms with Gasteiger partial charge in [0.05, 0.1) is 23.5 Å². The average molecular weight is 488 g/mol. The zero-order chi connectivity index (χ0) is 24.8. The molecule has 3 aromatic heterocycles. The lowest BCUT2D eigenvalue weighted by molar-refractivity contribution is 0.101. The maximum atomic E-state index is 13.4. The fourth-order valence-electron chi connectivity index (χ4n) is 5.90. The number of aromatic nitrogens is 4. The highest BCUT2D eigenvalue weighted by molar-refractivity contribution is 6.00. The molecule has 1 saturated heterocycles. The van der Waals surface area contributed by atoms with Crippen molar-refractivity contribution in [1.29, 1.82) is 0 Å². The van der Waals surface area contributed by atoms with Gasteiger partial charge in [-0.05, 0) is 45.1 Å². The van der Waals surface area contributed by atoms with Crippen molar-refractivity contribution in [3.63, 3.8) is 0 Å². The van der Waals surface area contributed by atoms with Crippen molar-refractivity contribution >= 4 is 34.1 Å². The molecule has 0 radical (unpaired) electrons. The predicted molar refractivity (Wildman–Crippen MR) is 140 cm³/mol. The highest BCUT2D eigenvalue weighted by Gasteiger charge is 2.31. The van der Waals surface area contributed by atoms with Crippen LogP contribution in [0.5, 0.6) is 0 Å². The van der Waals surface area contributed by atoms with E-state index in [4.69, 9.17) is 0 Å². The zero-order valence-corrected chi connectivity index (χ0v) is 21.0. The van der Waals surface area contributed by atoms with Gasteiger partial charge in [0.1, 0.15) is 17.5 Å². The average Bonchev–Trinajstić information content (AvgIpc) is 3.59. The summed E-state index contributed by atoms with van der Waals surface area (Å²) in [7, 11) is 0. The Hall–Kier alpha value is -3.33. The van der Waals surface area contributed by atoms with Crippen LogP contribution in [0.25, 0.3) is 10.9 Å². The first-order chi connectivity index (χ1) is 17.5. The van der Waals surface area contributed by atoms with Crippen LogP contribution in [-0.4, -0.2) is 62.4 Å². The number of ketones is 1. The third-order valence-corrected chi connectivity index (χ3v) is 7.99. The molecule has 0 amide bonds. The molecule has 2 aliphatic carbocycles. The summed E-state index contributed by atoms with van der Waals surface area (Å²) in [5.74, 6) is 1.90. The number of nitrogens with zero attached hydrogens (tertiary/aromatic N) is 6. The van der Waals surface area contributed by atoms with Crippen LogP contribution < -0.4 is 15.8 Å². The summed E-state index contributed by atoms with van der Waals surface area (Å²) in [5.41, 5.74) is 1.59. The van der Waals surface area contributed by atoms with Gasteiger partial charge in [-0.1, -0.05) is 12.8 Å². The highest BCUT2D eigenvalue weighted by atomic mass is 16.1. The minimum atomic E-state index is -0.197. The van der Waals surface area contributed by atoms with Crippen molar-refractivity contribution in [2.75, 3.05) is 36.4 Å². The van der Waals surface area contributed by atoms with Crippen molar-refractivity contribution in [2.24, 2.45) is 0 Å². The van der Waals surface area contributed by atoms with Gasteiger partial charge in [-0.2, -0.15) is 0 Å². The lowest BCUT2D eigenvalue weighted by Crippen LogP contribution is -2.47. The highest BCUT2D eigenvalue weighted by Crippen LogP contribution is 2.33. The molecular weight excluding hydrogens is 454 g/mol. The third-order valence-electron chi connectivity index (χ3n) is 7.99. The van der Waals surface area contributed by atoms with E-state index in [2.05, 4.69) is 30.1 Å². The minimum Gasteiger partial charge on any atom is -0.353 e. The molecule has 0 bridgehead atoms. The lowest BCUT2D eigenvalue weighted by Gasteiger charge is -2.35. The Morgan fingerprint density at radius 3 is 2.28 bits per heavy atom. The fraction of sp³-hybridized carbons (Fsp3) is 0.519. The first kappa shape index (κ1) is 23.1. The molecule has 0 aromatic carbocycles. The van der Waals surface area contributed by atoms with E-state index < -0.39 is 0 Å². The molecule has 3 aromatic rings. The standard InChI is InChI=1S/C27H33N7O2/c1-17-21-14-28-23(13-22(21)34(20-5-3-4-6-20)27(36)26(17)18(2)35)31-24-15-30-25(16-29-24)33-11-9-32(10-12-33)19-7-8-19/h13-16,19-20H,3-12H2,1-2H3,(H,28,29,31). The van der Waals surface area contributed by atoms with E-state index in [0.717, 1.165) is 74.6 Å². The molecule has 1 aliphatic heterocycles. The molecule has 1 N–H and O–H groups in total. The molecule has 3 aliphatic rings.